The van der Waals surface area contributed by atoms with Crippen LogP contribution in [0.15, 0.2) is 385 Å². The van der Waals surface area contributed by atoms with Crippen LogP contribution in [-0.4, -0.2) is 16.1 Å². The van der Waals surface area contributed by atoms with Gasteiger partial charge in [-0.2, -0.15) is 0 Å². The number of benzene rings is 15. The van der Waals surface area contributed by atoms with Gasteiger partial charge in [0.2, 0.25) is 0 Å². The first-order valence-electron chi connectivity index (χ1n) is 48.2. The van der Waals surface area contributed by atoms with Crippen molar-refractivity contribution in [3.63, 3.8) is 0 Å². The minimum absolute atomic E-state index is 0.0165. The van der Waals surface area contributed by atoms with Gasteiger partial charge in [0.25, 0.3) is 0 Å². The van der Waals surface area contributed by atoms with Gasteiger partial charge >= 0.3 is 0 Å². The third-order valence-corrected chi connectivity index (χ3v) is 35.3. The summed E-state index contributed by atoms with van der Waals surface area (Å²) in [5.41, 5.74) is 34.3. The second-order valence-electron chi connectivity index (χ2n) is 44.0. The molecule has 6 nitrogen and oxygen atoms in total. The molecule has 0 radical (unpaired) electrons. The first-order valence-corrected chi connectivity index (χ1v) is 54.9. The molecule has 1 spiro atoms. The van der Waals surface area contributed by atoms with E-state index in [1.807, 2.05) is 0 Å². The molecule has 0 N–H and O–H groups in total. The summed E-state index contributed by atoms with van der Waals surface area (Å²) >= 11 is 0. The zero-order valence-electron chi connectivity index (χ0n) is 81.0. The van der Waals surface area contributed by atoms with Crippen LogP contribution in [0.25, 0.3) is 77.3 Å². The van der Waals surface area contributed by atoms with Crippen molar-refractivity contribution in [2.45, 2.75) is 180 Å². The third kappa shape index (κ3) is 15.3. The molecule has 0 saturated heterocycles. The maximum absolute atomic E-state index is 7.37. The number of nitrogens with zero attached hydrogens (tertiary/aromatic N) is 4. The minimum Gasteiger partial charge on any atom is -0.455 e. The predicted octanol–water partition coefficient (Wildman–Crippen LogP) is 34.7. The van der Waals surface area contributed by atoms with Gasteiger partial charge in [0, 0.05) is 90.1 Å². The number of fused-ring (bicyclic) bond motifs is 16. The van der Waals surface area contributed by atoms with Crippen LogP contribution in [0.2, 0.25) is 38.8 Å². The van der Waals surface area contributed by atoms with Crippen LogP contribution in [0.3, 0.4) is 0 Å². The Morgan fingerprint density at radius 1 is 0.358 bits per heavy atom. The lowest BCUT2D eigenvalue weighted by Crippen LogP contribution is -2.42. The highest BCUT2D eigenvalue weighted by molar-refractivity contribution is 6.90. The van der Waals surface area contributed by atoms with Crippen molar-refractivity contribution in [2.75, 3.05) is 19.6 Å². The zero-order chi connectivity index (χ0) is 92.9. The van der Waals surface area contributed by atoms with Gasteiger partial charge in [-0.25, -0.2) is 0 Å². The van der Waals surface area contributed by atoms with E-state index in [1.165, 1.54) is 88.3 Å². The van der Waals surface area contributed by atoms with Crippen molar-refractivity contribution in [3.8, 4) is 33.4 Å². The molecule has 0 amide bonds. The highest BCUT2D eigenvalue weighted by atomic mass is 28.3. The quantitative estimate of drug-likeness (QED) is 0.0708. The normalized spacial score (nSPS) is 15.0. The molecule has 15 aromatic carbocycles. The Kier molecular flexibility index (Phi) is 21.3. The highest BCUT2D eigenvalue weighted by Crippen LogP contribution is 2.62. The topological polar surface area (TPSA) is 39.2 Å². The second kappa shape index (κ2) is 32.7. The summed E-state index contributed by atoms with van der Waals surface area (Å²) in [4.78, 5) is 9.96. The monoisotopic (exact) mass is 1780 g/mol. The number of allylic oxidation sites excluding steroid dienone is 7. The van der Waals surface area contributed by atoms with Crippen LogP contribution in [0.5, 0.6) is 0 Å². The molecule has 134 heavy (non-hydrogen) atoms. The Hall–Kier alpha value is -13.5. The molecule has 0 bridgehead atoms. The van der Waals surface area contributed by atoms with E-state index in [4.69, 9.17) is 8.83 Å². The van der Waals surface area contributed by atoms with E-state index in [9.17, 15) is 0 Å². The van der Waals surface area contributed by atoms with Gasteiger partial charge in [-0.3, -0.25) is 0 Å². The Bertz CT molecular complexity index is 7460. The van der Waals surface area contributed by atoms with Crippen LogP contribution in [0.4, 0.5) is 62.6 Å². The maximum atomic E-state index is 7.37. The van der Waals surface area contributed by atoms with E-state index in [0.29, 0.717) is 0 Å². The molecule has 0 fully saturated rings. The summed E-state index contributed by atoms with van der Waals surface area (Å²) in [5.74, 6) is 0.275. The van der Waals surface area contributed by atoms with Gasteiger partial charge in [-0.05, 0) is 246 Å². The van der Waals surface area contributed by atoms with E-state index >= 15 is 0 Å². The molecule has 666 valence electrons. The van der Waals surface area contributed by atoms with Crippen LogP contribution >= 0.6 is 0 Å². The summed E-state index contributed by atoms with van der Waals surface area (Å²) in [7, 11) is -3.69. The Balaban J connectivity index is 0.611. The lowest BCUT2D eigenvalue weighted by atomic mass is 9.79. The van der Waals surface area contributed by atoms with Gasteiger partial charge in [0.1, 0.15) is 22.3 Å². The zero-order valence-corrected chi connectivity index (χ0v) is 83.0. The summed E-state index contributed by atoms with van der Waals surface area (Å²) in [5, 5.41) is 7.30. The van der Waals surface area contributed by atoms with Gasteiger partial charge in [0.05, 0.1) is 43.7 Å². The van der Waals surface area contributed by atoms with Crippen molar-refractivity contribution in [2.24, 2.45) is 0 Å². The lowest BCUT2D eigenvalue weighted by Gasteiger charge is -2.33. The van der Waals surface area contributed by atoms with E-state index in [0.717, 1.165) is 137 Å². The number of rotatable bonds is 20. The van der Waals surface area contributed by atoms with Gasteiger partial charge in [0.15, 0.2) is 0 Å². The van der Waals surface area contributed by atoms with Crippen molar-refractivity contribution in [1.29, 1.82) is 0 Å². The Morgan fingerprint density at radius 2 is 0.746 bits per heavy atom. The van der Waals surface area contributed by atoms with Crippen molar-refractivity contribution >= 4 is 133 Å². The number of hydrogen-bond acceptors (Lipinski definition) is 6. The standard InChI is InChI=1S/C126H122N4O2Si2/c1-121(2,3)87-43-55-92(56-44-87)128(94-63-69-101(70-64-94)133(14,15)16)99-67-73-103-107(79-99)125(12,13)109-81-111(117-105-35-25-27-37-113(105)131-119(117)115(103)109)130(97-59-47-89(48-60-97)123(7,8)9)98-65-71-102(72-66-98)134(17,18)78-77-124(10,11)90-49-61-93(62-50-90)127(91-51-39-85(40-52-91)83-31-21-19-22-32-83)100-68-74-104-108(80-100)126(75-29-30-76-126)110-82-112(118-106-36-26-28-38-114(106)132-120(118)116(104)110)129(96-57-45-88(46-58-96)122(4,5)6)95-53-41-86(42-54-95)84-33-23-20-24-34-84/h19-41,43-76,79-82,86H,42,77-78H2,1-18H3. The number of para-hydroxylation sites is 2. The Morgan fingerprint density at radius 3 is 1.22 bits per heavy atom. The molecule has 0 aliphatic heterocycles. The average Bonchev–Trinajstić information content (AvgIpc) is 1.52. The molecule has 1 unspecified atom stereocenters. The lowest BCUT2D eigenvalue weighted by molar-refractivity contribution is 0.503. The highest BCUT2D eigenvalue weighted by Gasteiger charge is 2.46. The molecular formula is C126H122N4O2Si2. The van der Waals surface area contributed by atoms with Crippen LogP contribution in [0, 0.1) is 0 Å². The number of hydrogen-bond donors (Lipinski definition) is 0. The molecule has 1 atom stereocenters. The molecule has 0 saturated carbocycles. The predicted molar refractivity (Wildman–Crippen MR) is 577 cm³/mol. The first-order chi connectivity index (χ1) is 64.2. The molecule has 2 heterocycles. The largest absolute Gasteiger partial charge is 0.455 e. The fraction of sp³-hybridized carbons (Fsp3) is 0.222. The van der Waals surface area contributed by atoms with E-state index < -0.39 is 27.0 Å². The third-order valence-electron chi connectivity index (χ3n) is 29.8. The van der Waals surface area contributed by atoms with Crippen molar-refractivity contribution < 1.29 is 8.83 Å². The summed E-state index contributed by atoms with van der Waals surface area (Å²) in [6, 6.07) is 125. The fourth-order valence-electron chi connectivity index (χ4n) is 21.6. The van der Waals surface area contributed by atoms with Crippen molar-refractivity contribution in [3.05, 3.63) is 426 Å². The van der Waals surface area contributed by atoms with Crippen LogP contribution < -0.4 is 30.0 Å². The van der Waals surface area contributed by atoms with E-state index in [2.05, 4.69) is 512 Å². The molecule has 17 aromatic rings. The molecule has 4 aliphatic rings. The maximum Gasteiger partial charge on any atom is 0.145 e. The molecule has 4 aliphatic carbocycles. The van der Waals surface area contributed by atoms with Gasteiger partial charge < -0.3 is 28.4 Å². The van der Waals surface area contributed by atoms with Crippen LogP contribution in [0.1, 0.15) is 159 Å². The number of furan rings is 2. The first kappa shape index (κ1) is 87.2. The fourth-order valence-corrected chi connectivity index (χ4v) is 25.4. The molecule has 8 heteroatoms. The summed E-state index contributed by atoms with van der Waals surface area (Å²) in [6.07, 6.45) is 18.4. The number of anilines is 11. The summed E-state index contributed by atoms with van der Waals surface area (Å²) in [6.45, 7) is 42.9. The van der Waals surface area contributed by atoms with Gasteiger partial charge in [-0.15, -0.1) is 0 Å². The summed E-state index contributed by atoms with van der Waals surface area (Å²) < 4.78 is 14.7. The van der Waals surface area contributed by atoms with Gasteiger partial charge in [-0.1, -0.05) is 370 Å². The SMILES string of the molecule is CC(C)(C)c1ccc(N(C2=CCC(c3ccccc3)C=C2)c2cc3c(c4oc5ccccc5c24)-c2ccc(N(c4ccc(-c5ccccc5)cc4)c4ccc(C(C)(C)CC[Si](C)(C)c5ccc(N(c6ccc(C(C)(C)C)cc6)c6cc7c(c8oc9ccccc9c68)-c6ccc(N(c8ccc(C(C)(C)C)cc8)c8ccc([Si](C)(C)C)cc8)cc6C7(C)C)cc5)cc4)cc2C32C=CC=C2)cc1. The smallest absolute Gasteiger partial charge is 0.145 e. The van der Waals surface area contributed by atoms with Crippen LogP contribution in [-0.2, 0) is 32.5 Å². The minimum atomic E-state index is -2.12. The molecule has 2 aromatic heterocycles. The molecular weight excluding hydrogens is 1660 g/mol. The van der Waals surface area contributed by atoms with Crippen molar-refractivity contribution in [1.82, 2.24) is 0 Å². The average molecular weight is 1780 g/mol. The Labute approximate surface area is 795 Å². The van der Waals surface area contributed by atoms with E-state index in [-0.39, 0.29) is 27.6 Å². The van der Waals surface area contributed by atoms with E-state index in [1.54, 1.807) is 0 Å². The second-order valence-corrected chi connectivity index (χ2v) is 53.9. The molecule has 21 rings (SSSR count).